The lowest BCUT2D eigenvalue weighted by Crippen LogP contribution is -2.19. The molecule has 0 fully saturated rings. The Morgan fingerprint density at radius 3 is 2.30 bits per heavy atom. The second-order valence-corrected chi connectivity index (χ2v) is 4.38. The van der Waals surface area contributed by atoms with Crippen molar-refractivity contribution in [1.82, 2.24) is 0 Å². The van der Waals surface area contributed by atoms with Gasteiger partial charge in [0.05, 0.1) is 7.11 Å². The highest BCUT2D eigenvalue weighted by molar-refractivity contribution is 7.80. The molecule has 0 saturated heterocycles. The zero-order valence-corrected chi connectivity index (χ0v) is 11.4. The Kier molecular flexibility index (Phi) is 4.47. The van der Waals surface area contributed by atoms with E-state index in [1.54, 1.807) is 31.4 Å². The Balaban J connectivity index is 2.04. The molecule has 0 aliphatic carbocycles. The van der Waals surface area contributed by atoms with Gasteiger partial charge in [-0.2, -0.15) is 0 Å². The monoisotopic (exact) mass is 294 g/mol. The number of benzene rings is 2. The number of nitrogens with one attached hydrogen (secondary N) is 2. The van der Waals surface area contributed by atoms with Gasteiger partial charge < -0.3 is 15.4 Å². The number of ether oxygens (including phenoxy) is 1. The quantitative estimate of drug-likeness (QED) is 0.844. The molecule has 2 rings (SSSR count). The van der Waals surface area contributed by atoms with Crippen molar-refractivity contribution < 1.29 is 13.5 Å². The summed E-state index contributed by atoms with van der Waals surface area (Å²) in [5, 5.41) is 5.83. The van der Waals surface area contributed by atoms with Crippen LogP contribution in [0.5, 0.6) is 5.75 Å². The van der Waals surface area contributed by atoms with Gasteiger partial charge >= 0.3 is 0 Å². The van der Waals surface area contributed by atoms with E-state index < -0.39 is 11.6 Å². The van der Waals surface area contributed by atoms with Crippen molar-refractivity contribution in [2.24, 2.45) is 0 Å². The molecule has 0 aliphatic rings. The summed E-state index contributed by atoms with van der Waals surface area (Å²) >= 11 is 5.08. The molecule has 6 heteroatoms. The minimum absolute atomic E-state index is 0.225. The summed E-state index contributed by atoms with van der Waals surface area (Å²) in [4.78, 5) is 0. The van der Waals surface area contributed by atoms with E-state index in [-0.39, 0.29) is 10.8 Å². The molecule has 0 heterocycles. The van der Waals surface area contributed by atoms with E-state index in [0.29, 0.717) is 11.4 Å². The van der Waals surface area contributed by atoms with Gasteiger partial charge in [-0.25, -0.2) is 8.78 Å². The van der Waals surface area contributed by atoms with Crippen LogP contribution in [0.4, 0.5) is 20.2 Å². The Morgan fingerprint density at radius 2 is 1.65 bits per heavy atom. The minimum atomic E-state index is -0.670. The summed E-state index contributed by atoms with van der Waals surface area (Å²) in [5.74, 6) is -0.664. The molecule has 0 aliphatic heterocycles. The number of anilines is 2. The van der Waals surface area contributed by atoms with E-state index >= 15 is 0 Å². The molecule has 2 aromatic rings. The third kappa shape index (κ3) is 3.89. The first-order chi connectivity index (χ1) is 9.56. The van der Waals surface area contributed by atoms with Gasteiger partial charge in [-0.3, -0.25) is 0 Å². The summed E-state index contributed by atoms with van der Waals surface area (Å²) in [6.45, 7) is 0. The molecule has 2 aromatic carbocycles. The molecule has 104 valence electrons. The Bertz CT molecular complexity index is 614. The average Bonchev–Trinajstić information content (AvgIpc) is 2.37. The van der Waals surface area contributed by atoms with Crippen molar-refractivity contribution in [3.8, 4) is 5.75 Å². The Morgan fingerprint density at radius 1 is 1.00 bits per heavy atom. The van der Waals surface area contributed by atoms with E-state index in [1.807, 2.05) is 0 Å². The summed E-state index contributed by atoms with van der Waals surface area (Å²) in [7, 11) is 1.56. The van der Waals surface area contributed by atoms with Crippen LogP contribution < -0.4 is 15.4 Å². The van der Waals surface area contributed by atoms with Crippen LogP contribution in [0.2, 0.25) is 0 Å². The fraction of sp³-hybridized carbons (Fsp3) is 0.0714. The van der Waals surface area contributed by atoms with Gasteiger partial charge in [-0.05, 0) is 36.5 Å². The second kappa shape index (κ2) is 6.29. The van der Waals surface area contributed by atoms with Gasteiger partial charge in [-0.15, -0.1) is 0 Å². The van der Waals surface area contributed by atoms with Crippen LogP contribution in [0.1, 0.15) is 0 Å². The summed E-state index contributed by atoms with van der Waals surface area (Å²) in [6, 6.07) is 10.2. The first-order valence-corrected chi connectivity index (χ1v) is 6.16. The van der Waals surface area contributed by atoms with Crippen LogP contribution in [-0.4, -0.2) is 12.2 Å². The van der Waals surface area contributed by atoms with E-state index in [2.05, 4.69) is 10.6 Å². The normalized spacial score (nSPS) is 9.95. The molecular formula is C14H12F2N2OS. The largest absolute Gasteiger partial charge is 0.497 e. The molecule has 0 saturated carbocycles. The molecule has 0 radical (unpaired) electrons. The summed E-state index contributed by atoms with van der Waals surface area (Å²) in [6.07, 6.45) is 0. The molecule has 0 amide bonds. The molecule has 3 nitrogen and oxygen atoms in total. The van der Waals surface area contributed by atoms with Gasteiger partial charge in [-0.1, -0.05) is 6.07 Å². The van der Waals surface area contributed by atoms with E-state index in [4.69, 9.17) is 17.0 Å². The van der Waals surface area contributed by atoms with Gasteiger partial charge in [0.2, 0.25) is 0 Å². The fourth-order valence-corrected chi connectivity index (χ4v) is 1.86. The van der Waals surface area contributed by atoms with Gasteiger partial charge in [0.1, 0.15) is 17.4 Å². The lowest BCUT2D eigenvalue weighted by molar-refractivity contribution is 0.415. The van der Waals surface area contributed by atoms with Gasteiger partial charge in [0.25, 0.3) is 0 Å². The first kappa shape index (κ1) is 14.2. The molecule has 20 heavy (non-hydrogen) atoms. The van der Waals surface area contributed by atoms with Crippen LogP contribution in [-0.2, 0) is 0 Å². The van der Waals surface area contributed by atoms with Crippen LogP contribution >= 0.6 is 12.2 Å². The highest BCUT2D eigenvalue weighted by atomic mass is 32.1. The molecular weight excluding hydrogens is 282 g/mol. The van der Waals surface area contributed by atoms with Crippen LogP contribution in [0, 0.1) is 11.6 Å². The summed E-state index contributed by atoms with van der Waals surface area (Å²) in [5.41, 5.74) is 0.946. The lowest BCUT2D eigenvalue weighted by Gasteiger charge is -2.11. The summed E-state index contributed by atoms with van der Waals surface area (Å²) < 4.78 is 31.2. The third-order valence-corrected chi connectivity index (χ3v) is 2.65. The zero-order valence-electron chi connectivity index (χ0n) is 10.6. The van der Waals surface area contributed by atoms with Crippen LogP contribution in [0.25, 0.3) is 0 Å². The Hall–Kier alpha value is -2.21. The first-order valence-electron chi connectivity index (χ1n) is 5.75. The molecule has 0 unspecified atom stereocenters. The van der Waals surface area contributed by atoms with E-state index in [1.165, 1.54) is 0 Å². The van der Waals surface area contributed by atoms with Crippen molar-refractivity contribution >= 4 is 28.7 Å². The number of thiocarbonyl (C=S) groups is 1. The smallest absolute Gasteiger partial charge is 0.175 e. The molecule has 0 aromatic heterocycles. The number of halogens is 2. The zero-order chi connectivity index (χ0) is 14.5. The topological polar surface area (TPSA) is 33.3 Å². The number of hydrogen-bond donors (Lipinski definition) is 2. The predicted molar refractivity (Wildman–Crippen MR) is 79.2 cm³/mol. The van der Waals surface area contributed by atoms with Crippen LogP contribution in [0.3, 0.4) is 0 Å². The highest BCUT2D eigenvalue weighted by Gasteiger charge is 2.03. The maximum absolute atomic E-state index is 13.0. The molecule has 0 spiro atoms. The number of methoxy groups -OCH3 is 1. The van der Waals surface area contributed by atoms with Gasteiger partial charge in [0.15, 0.2) is 5.11 Å². The third-order valence-electron chi connectivity index (χ3n) is 2.45. The van der Waals surface area contributed by atoms with Gasteiger partial charge in [0, 0.05) is 23.5 Å². The Labute approximate surface area is 120 Å². The van der Waals surface area contributed by atoms with Crippen molar-refractivity contribution in [3.63, 3.8) is 0 Å². The maximum atomic E-state index is 13.0. The number of rotatable bonds is 3. The predicted octanol–water partition coefficient (Wildman–Crippen LogP) is 3.78. The van der Waals surface area contributed by atoms with Crippen molar-refractivity contribution in [2.75, 3.05) is 17.7 Å². The minimum Gasteiger partial charge on any atom is -0.497 e. The lowest BCUT2D eigenvalue weighted by atomic mass is 10.3. The molecule has 0 bridgehead atoms. The highest BCUT2D eigenvalue weighted by Crippen LogP contribution is 2.18. The standard InChI is InChI=1S/C14H12F2N2OS/c1-19-13-4-2-3-11(8-13)17-14(20)18-12-6-9(15)5-10(16)7-12/h2-8H,1H3,(H2,17,18,20). The fourth-order valence-electron chi connectivity index (χ4n) is 1.62. The van der Waals surface area contributed by atoms with E-state index in [0.717, 1.165) is 18.2 Å². The van der Waals surface area contributed by atoms with Crippen molar-refractivity contribution in [3.05, 3.63) is 54.1 Å². The second-order valence-electron chi connectivity index (χ2n) is 3.97. The average molecular weight is 294 g/mol. The maximum Gasteiger partial charge on any atom is 0.175 e. The van der Waals surface area contributed by atoms with Crippen molar-refractivity contribution in [1.29, 1.82) is 0 Å². The molecule has 0 atom stereocenters. The molecule has 2 N–H and O–H groups in total. The van der Waals surface area contributed by atoms with Crippen molar-refractivity contribution in [2.45, 2.75) is 0 Å². The SMILES string of the molecule is COc1cccc(NC(=S)Nc2cc(F)cc(F)c2)c1. The number of hydrogen-bond acceptors (Lipinski definition) is 2. The van der Waals surface area contributed by atoms with E-state index in [9.17, 15) is 8.78 Å². The van der Waals surface area contributed by atoms with Crippen LogP contribution in [0.15, 0.2) is 42.5 Å².